The number of fused-ring (bicyclic) bond motifs is 1. The van der Waals surface area contributed by atoms with Crippen LogP contribution in [-0.4, -0.2) is 65.2 Å². The van der Waals surface area contributed by atoms with Crippen molar-refractivity contribution in [2.75, 3.05) is 44.7 Å². The molecule has 3 aromatic rings. The third-order valence-electron chi connectivity index (χ3n) is 5.65. The van der Waals surface area contributed by atoms with Crippen molar-refractivity contribution in [1.29, 1.82) is 0 Å². The van der Waals surface area contributed by atoms with E-state index >= 15 is 0 Å². The zero-order valence-electron chi connectivity index (χ0n) is 18.1. The molecule has 0 atom stereocenters. The molecule has 2 aromatic heterocycles. The standard InChI is InChI=1S/C22H29FN8/c1-3-29-10-12-30(13-11-29)19-8-7-17(14-18(19)23)15-25-22(24-2)26-16-21-28-27-20-6-4-5-9-31(20)21/h4-9,14H,3,10-13,15-16H2,1-2H3,(H2,24,25,26). The Morgan fingerprint density at radius 3 is 2.61 bits per heavy atom. The first-order valence-corrected chi connectivity index (χ1v) is 10.7. The molecular weight excluding hydrogens is 395 g/mol. The molecule has 9 heteroatoms. The number of aliphatic imine (C=N–C) groups is 1. The Labute approximate surface area is 181 Å². The molecule has 1 saturated heterocycles. The van der Waals surface area contributed by atoms with Crippen LogP contribution >= 0.6 is 0 Å². The molecule has 3 heterocycles. The number of halogens is 1. The summed E-state index contributed by atoms with van der Waals surface area (Å²) < 4.78 is 16.7. The zero-order chi connectivity index (χ0) is 21.6. The predicted octanol–water partition coefficient (Wildman–Crippen LogP) is 1.88. The zero-order valence-corrected chi connectivity index (χ0v) is 18.1. The number of rotatable bonds is 6. The molecule has 0 bridgehead atoms. The number of anilines is 1. The van der Waals surface area contributed by atoms with Crippen LogP contribution in [0.3, 0.4) is 0 Å². The molecule has 164 valence electrons. The Balaban J connectivity index is 1.32. The molecule has 31 heavy (non-hydrogen) atoms. The Kier molecular flexibility index (Phi) is 6.61. The van der Waals surface area contributed by atoms with Crippen molar-refractivity contribution in [2.45, 2.75) is 20.0 Å². The normalized spacial score (nSPS) is 15.5. The van der Waals surface area contributed by atoms with Crippen molar-refractivity contribution < 1.29 is 4.39 Å². The monoisotopic (exact) mass is 424 g/mol. The lowest BCUT2D eigenvalue weighted by Crippen LogP contribution is -2.46. The summed E-state index contributed by atoms with van der Waals surface area (Å²) in [5.41, 5.74) is 2.35. The number of piperazine rings is 1. The highest BCUT2D eigenvalue weighted by atomic mass is 19.1. The van der Waals surface area contributed by atoms with Crippen LogP contribution in [-0.2, 0) is 13.1 Å². The van der Waals surface area contributed by atoms with Crippen LogP contribution in [0.1, 0.15) is 18.3 Å². The van der Waals surface area contributed by atoms with E-state index in [-0.39, 0.29) is 5.82 Å². The smallest absolute Gasteiger partial charge is 0.191 e. The van der Waals surface area contributed by atoms with E-state index in [4.69, 9.17) is 0 Å². The quantitative estimate of drug-likeness (QED) is 0.465. The molecule has 0 radical (unpaired) electrons. The molecule has 0 amide bonds. The van der Waals surface area contributed by atoms with Gasteiger partial charge < -0.3 is 20.4 Å². The van der Waals surface area contributed by atoms with Gasteiger partial charge in [-0.1, -0.05) is 19.1 Å². The van der Waals surface area contributed by atoms with Crippen molar-refractivity contribution in [2.24, 2.45) is 4.99 Å². The Bertz CT molecular complexity index is 1040. The summed E-state index contributed by atoms with van der Waals surface area (Å²) >= 11 is 0. The first kappa shape index (κ1) is 21.0. The largest absolute Gasteiger partial charge is 0.367 e. The van der Waals surface area contributed by atoms with Crippen molar-refractivity contribution in [3.8, 4) is 0 Å². The van der Waals surface area contributed by atoms with Gasteiger partial charge in [-0.05, 0) is 36.4 Å². The maximum atomic E-state index is 14.8. The van der Waals surface area contributed by atoms with E-state index in [0.29, 0.717) is 24.7 Å². The van der Waals surface area contributed by atoms with E-state index in [1.54, 1.807) is 13.1 Å². The number of aromatic nitrogens is 3. The van der Waals surface area contributed by atoms with Gasteiger partial charge in [-0.3, -0.25) is 9.39 Å². The minimum atomic E-state index is -0.179. The van der Waals surface area contributed by atoms with Gasteiger partial charge in [0.2, 0.25) is 0 Å². The Morgan fingerprint density at radius 1 is 1.06 bits per heavy atom. The molecule has 2 N–H and O–H groups in total. The first-order chi connectivity index (χ1) is 15.2. The van der Waals surface area contributed by atoms with E-state index in [1.807, 2.05) is 40.9 Å². The number of pyridine rings is 1. The molecule has 1 aliphatic rings. The summed E-state index contributed by atoms with van der Waals surface area (Å²) in [6, 6.07) is 11.2. The lowest BCUT2D eigenvalue weighted by atomic mass is 10.1. The number of guanidine groups is 1. The fourth-order valence-electron chi connectivity index (χ4n) is 3.80. The highest BCUT2D eigenvalue weighted by molar-refractivity contribution is 5.79. The lowest BCUT2D eigenvalue weighted by molar-refractivity contribution is 0.270. The van der Waals surface area contributed by atoms with Crippen molar-refractivity contribution in [1.82, 2.24) is 30.1 Å². The summed E-state index contributed by atoms with van der Waals surface area (Å²) in [6.45, 7) is 7.82. The lowest BCUT2D eigenvalue weighted by Gasteiger charge is -2.35. The molecule has 4 rings (SSSR count). The number of benzene rings is 1. The highest BCUT2D eigenvalue weighted by Gasteiger charge is 2.18. The molecule has 1 aromatic carbocycles. The second-order valence-electron chi connectivity index (χ2n) is 7.53. The maximum absolute atomic E-state index is 14.8. The topological polar surface area (TPSA) is 73.1 Å². The molecule has 8 nitrogen and oxygen atoms in total. The summed E-state index contributed by atoms with van der Waals surface area (Å²) in [4.78, 5) is 8.75. The van der Waals surface area contributed by atoms with Gasteiger partial charge in [0.15, 0.2) is 17.4 Å². The molecule has 1 aliphatic heterocycles. The van der Waals surface area contributed by atoms with Gasteiger partial charge in [-0.25, -0.2) is 4.39 Å². The molecule has 0 unspecified atom stereocenters. The van der Waals surface area contributed by atoms with Crippen molar-refractivity contribution >= 4 is 17.3 Å². The van der Waals surface area contributed by atoms with Crippen molar-refractivity contribution in [3.05, 3.63) is 59.8 Å². The van der Waals surface area contributed by atoms with E-state index < -0.39 is 0 Å². The molecule has 0 saturated carbocycles. The second-order valence-corrected chi connectivity index (χ2v) is 7.53. The molecule has 0 spiro atoms. The van der Waals surface area contributed by atoms with Crippen LogP contribution in [0.4, 0.5) is 10.1 Å². The number of hydrogen-bond donors (Lipinski definition) is 2. The van der Waals surface area contributed by atoms with E-state index in [2.05, 4.69) is 42.5 Å². The first-order valence-electron chi connectivity index (χ1n) is 10.7. The van der Waals surface area contributed by atoms with Gasteiger partial charge in [-0.2, -0.15) is 0 Å². The average Bonchev–Trinajstić information content (AvgIpc) is 3.22. The van der Waals surface area contributed by atoms with E-state index in [1.165, 1.54) is 0 Å². The van der Waals surface area contributed by atoms with Gasteiger partial charge in [0, 0.05) is 46.0 Å². The fraction of sp³-hybridized carbons (Fsp3) is 0.409. The molecular formula is C22H29FN8. The number of hydrogen-bond acceptors (Lipinski definition) is 5. The van der Waals surface area contributed by atoms with Crippen LogP contribution in [0.5, 0.6) is 0 Å². The van der Waals surface area contributed by atoms with Gasteiger partial charge in [-0.15, -0.1) is 10.2 Å². The van der Waals surface area contributed by atoms with Crippen LogP contribution in [0.2, 0.25) is 0 Å². The van der Waals surface area contributed by atoms with Crippen LogP contribution < -0.4 is 15.5 Å². The minimum absolute atomic E-state index is 0.179. The Hall–Kier alpha value is -3.20. The summed E-state index contributed by atoms with van der Waals surface area (Å²) in [5, 5.41) is 14.8. The maximum Gasteiger partial charge on any atom is 0.191 e. The van der Waals surface area contributed by atoms with Gasteiger partial charge in [0.1, 0.15) is 5.82 Å². The Morgan fingerprint density at radius 2 is 1.87 bits per heavy atom. The van der Waals surface area contributed by atoms with E-state index in [0.717, 1.165) is 49.8 Å². The van der Waals surface area contributed by atoms with Crippen LogP contribution in [0, 0.1) is 5.82 Å². The van der Waals surface area contributed by atoms with Crippen molar-refractivity contribution in [3.63, 3.8) is 0 Å². The van der Waals surface area contributed by atoms with E-state index in [9.17, 15) is 4.39 Å². The molecule has 1 fully saturated rings. The van der Waals surface area contributed by atoms with Gasteiger partial charge in [0.05, 0.1) is 12.2 Å². The van der Waals surface area contributed by atoms with Gasteiger partial charge in [0.25, 0.3) is 0 Å². The third kappa shape index (κ3) is 4.93. The minimum Gasteiger partial charge on any atom is -0.367 e. The number of likely N-dealkylation sites (N-methyl/N-ethyl adjacent to an activating group) is 1. The van der Waals surface area contributed by atoms with Gasteiger partial charge >= 0.3 is 0 Å². The predicted molar refractivity (Wildman–Crippen MR) is 121 cm³/mol. The average molecular weight is 425 g/mol. The fourth-order valence-corrected chi connectivity index (χ4v) is 3.80. The molecule has 0 aliphatic carbocycles. The number of nitrogens with zero attached hydrogens (tertiary/aromatic N) is 6. The number of nitrogens with one attached hydrogen (secondary N) is 2. The van der Waals surface area contributed by atoms with Crippen LogP contribution in [0.15, 0.2) is 47.6 Å². The summed E-state index contributed by atoms with van der Waals surface area (Å²) in [6.07, 6.45) is 1.93. The summed E-state index contributed by atoms with van der Waals surface area (Å²) in [7, 11) is 1.71. The SMILES string of the molecule is CCN1CCN(c2ccc(CNC(=NC)NCc3nnc4ccccn34)cc2F)CC1. The second kappa shape index (κ2) is 9.74. The third-order valence-corrected chi connectivity index (χ3v) is 5.65. The summed E-state index contributed by atoms with van der Waals surface area (Å²) in [5.74, 6) is 1.23. The van der Waals surface area contributed by atoms with Crippen LogP contribution in [0.25, 0.3) is 5.65 Å². The highest BCUT2D eigenvalue weighted by Crippen LogP contribution is 2.22.